The van der Waals surface area contributed by atoms with Gasteiger partial charge in [0, 0.05) is 13.2 Å². The molecule has 0 spiro atoms. The van der Waals surface area contributed by atoms with Crippen LogP contribution >= 0.6 is 0 Å². The van der Waals surface area contributed by atoms with Gasteiger partial charge in [-0.2, -0.15) is 0 Å². The summed E-state index contributed by atoms with van der Waals surface area (Å²) in [4.78, 5) is 28.5. The highest BCUT2D eigenvalue weighted by atomic mass is 16.3. The van der Waals surface area contributed by atoms with Crippen LogP contribution in [0.1, 0.15) is 70.6 Å². The Morgan fingerprint density at radius 1 is 1.10 bits per heavy atom. The van der Waals surface area contributed by atoms with Crippen molar-refractivity contribution in [1.29, 1.82) is 0 Å². The number of rotatable bonds is 5. The molecule has 0 aliphatic carbocycles. The van der Waals surface area contributed by atoms with Crippen LogP contribution in [-0.2, 0) is 0 Å². The molecule has 0 bridgehead atoms. The molecule has 5 nitrogen and oxygen atoms in total. The second-order valence-electron chi connectivity index (χ2n) is 8.43. The van der Waals surface area contributed by atoms with E-state index in [0.29, 0.717) is 35.4 Å². The molecule has 2 heterocycles. The first-order chi connectivity index (χ1) is 14.3. The Bertz CT molecular complexity index is 1170. The van der Waals surface area contributed by atoms with Gasteiger partial charge in [0.15, 0.2) is 5.43 Å². The minimum Gasteiger partial charge on any atom is -0.450 e. The third kappa shape index (κ3) is 3.23. The molecule has 30 heavy (non-hydrogen) atoms. The van der Waals surface area contributed by atoms with Gasteiger partial charge in [-0.15, -0.1) is 0 Å². The van der Waals surface area contributed by atoms with Crippen molar-refractivity contribution >= 4 is 16.9 Å². The highest BCUT2D eigenvalue weighted by Gasteiger charge is 2.42. The van der Waals surface area contributed by atoms with Crippen molar-refractivity contribution in [2.75, 3.05) is 13.2 Å². The van der Waals surface area contributed by atoms with E-state index in [1.807, 2.05) is 50.2 Å². The highest BCUT2D eigenvalue weighted by molar-refractivity contribution is 5.99. The molecule has 0 saturated heterocycles. The molecule has 156 valence electrons. The van der Waals surface area contributed by atoms with Crippen molar-refractivity contribution in [3.05, 3.63) is 80.2 Å². The van der Waals surface area contributed by atoms with Gasteiger partial charge in [-0.05, 0) is 54.5 Å². The zero-order valence-corrected chi connectivity index (χ0v) is 17.9. The number of carbonyl (C=O) groups is 1. The number of carbonyl (C=O) groups excluding carboxylic acids is 1. The number of nitrogens with zero attached hydrogens (tertiary/aromatic N) is 1. The summed E-state index contributed by atoms with van der Waals surface area (Å²) in [6, 6.07) is 11.3. The smallest absolute Gasteiger partial charge is 0.290 e. The van der Waals surface area contributed by atoms with Crippen LogP contribution in [-0.4, -0.2) is 29.1 Å². The standard InChI is InChI=1S/C25H27NO4/c1-14(2)17-6-8-18(9-7-17)21-20-22(28)19-13-15(3)12-16(4)23(19)30-24(20)25(29)26(21)10-5-11-27/h6-9,12-14,21,27H,5,10-11H2,1-4H3. The van der Waals surface area contributed by atoms with E-state index >= 15 is 0 Å². The largest absolute Gasteiger partial charge is 0.450 e. The molecule has 1 unspecified atom stereocenters. The molecular weight excluding hydrogens is 378 g/mol. The van der Waals surface area contributed by atoms with Crippen LogP contribution in [0.25, 0.3) is 11.0 Å². The molecule has 0 fully saturated rings. The van der Waals surface area contributed by atoms with Crippen LogP contribution in [0.15, 0.2) is 45.6 Å². The molecule has 1 aromatic heterocycles. The SMILES string of the molecule is Cc1cc(C)c2oc3c(c(=O)c2c1)C(c1ccc(C(C)C)cc1)N(CCCO)C3=O. The van der Waals surface area contributed by atoms with E-state index in [1.165, 1.54) is 5.56 Å². The lowest BCUT2D eigenvalue weighted by molar-refractivity contribution is 0.0716. The average molecular weight is 405 g/mol. The molecule has 1 aliphatic heterocycles. The van der Waals surface area contributed by atoms with E-state index in [1.54, 1.807) is 4.90 Å². The maximum atomic E-state index is 13.6. The normalized spacial score (nSPS) is 16.0. The van der Waals surface area contributed by atoms with Crippen LogP contribution in [0.4, 0.5) is 0 Å². The number of benzene rings is 2. The number of hydrogen-bond acceptors (Lipinski definition) is 4. The van der Waals surface area contributed by atoms with Crippen LogP contribution in [0.5, 0.6) is 0 Å². The first kappa shape index (κ1) is 20.4. The van der Waals surface area contributed by atoms with Crippen molar-refractivity contribution in [1.82, 2.24) is 4.90 Å². The third-order valence-electron chi connectivity index (χ3n) is 5.87. The lowest BCUT2D eigenvalue weighted by Gasteiger charge is -2.25. The Morgan fingerprint density at radius 2 is 1.80 bits per heavy atom. The zero-order valence-electron chi connectivity index (χ0n) is 17.9. The number of amides is 1. The van der Waals surface area contributed by atoms with Crippen LogP contribution < -0.4 is 5.43 Å². The van der Waals surface area contributed by atoms with Gasteiger partial charge < -0.3 is 14.4 Å². The summed E-state index contributed by atoms with van der Waals surface area (Å²) >= 11 is 0. The number of fused-ring (bicyclic) bond motifs is 2. The number of aliphatic hydroxyl groups is 1. The monoisotopic (exact) mass is 405 g/mol. The van der Waals surface area contributed by atoms with E-state index < -0.39 is 6.04 Å². The summed E-state index contributed by atoms with van der Waals surface area (Å²) in [5, 5.41) is 9.84. The van der Waals surface area contributed by atoms with Gasteiger partial charge in [0.2, 0.25) is 5.76 Å². The average Bonchev–Trinajstić information content (AvgIpc) is 2.99. The molecule has 5 heteroatoms. The second-order valence-corrected chi connectivity index (χ2v) is 8.43. The molecule has 1 atom stereocenters. The summed E-state index contributed by atoms with van der Waals surface area (Å²) in [6.07, 6.45) is 0.437. The molecule has 1 N–H and O–H groups in total. The maximum Gasteiger partial charge on any atom is 0.290 e. The molecule has 2 aromatic carbocycles. The van der Waals surface area contributed by atoms with Crippen molar-refractivity contribution < 1.29 is 14.3 Å². The Balaban J connectivity index is 1.95. The van der Waals surface area contributed by atoms with E-state index in [9.17, 15) is 14.7 Å². The summed E-state index contributed by atoms with van der Waals surface area (Å²) in [5.74, 6) is 0.215. The fraction of sp³-hybridized carbons (Fsp3) is 0.360. The molecule has 0 saturated carbocycles. The molecule has 1 aliphatic rings. The third-order valence-corrected chi connectivity index (χ3v) is 5.87. The van der Waals surface area contributed by atoms with E-state index in [4.69, 9.17) is 4.42 Å². The Hall–Kier alpha value is -2.92. The Kier molecular flexibility index (Phi) is 5.24. The predicted molar refractivity (Wildman–Crippen MR) is 117 cm³/mol. The summed E-state index contributed by atoms with van der Waals surface area (Å²) in [6.45, 7) is 8.41. The van der Waals surface area contributed by atoms with Gasteiger partial charge in [-0.25, -0.2) is 0 Å². The van der Waals surface area contributed by atoms with Crippen LogP contribution in [0.2, 0.25) is 0 Å². The fourth-order valence-corrected chi connectivity index (χ4v) is 4.36. The second kappa shape index (κ2) is 7.73. The topological polar surface area (TPSA) is 70.8 Å². The molecule has 0 radical (unpaired) electrons. The van der Waals surface area contributed by atoms with Gasteiger partial charge in [0.25, 0.3) is 5.91 Å². The lowest BCUT2D eigenvalue weighted by atomic mass is 9.94. The van der Waals surface area contributed by atoms with Gasteiger partial charge >= 0.3 is 0 Å². The summed E-state index contributed by atoms with van der Waals surface area (Å²) in [5.41, 5.74) is 4.59. The summed E-state index contributed by atoms with van der Waals surface area (Å²) in [7, 11) is 0. The predicted octanol–water partition coefficient (Wildman–Crippen LogP) is 4.46. The molecule has 4 rings (SSSR count). The maximum absolute atomic E-state index is 13.6. The molecule has 1 amide bonds. The fourth-order valence-electron chi connectivity index (χ4n) is 4.36. The first-order valence-electron chi connectivity index (χ1n) is 10.4. The van der Waals surface area contributed by atoms with Crippen molar-refractivity contribution in [3.63, 3.8) is 0 Å². The van der Waals surface area contributed by atoms with Gasteiger partial charge in [-0.3, -0.25) is 9.59 Å². The molecule has 3 aromatic rings. The van der Waals surface area contributed by atoms with Crippen molar-refractivity contribution in [3.8, 4) is 0 Å². The van der Waals surface area contributed by atoms with Crippen LogP contribution in [0.3, 0.4) is 0 Å². The number of aliphatic hydroxyl groups excluding tert-OH is 1. The lowest BCUT2D eigenvalue weighted by Crippen LogP contribution is -2.31. The minimum atomic E-state index is -0.512. The van der Waals surface area contributed by atoms with E-state index in [-0.39, 0.29) is 23.7 Å². The summed E-state index contributed by atoms with van der Waals surface area (Å²) < 4.78 is 6.05. The van der Waals surface area contributed by atoms with E-state index in [0.717, 1.165) is 16.7 Å². The minimum absolute atomic E-state index is 0.0270. The van der Waals surface area contributed by atoms with Gasteiger partial charge in [-0.1, -0.05) is 44.2 Å². The van der Waals surface area contributed by atoms with E-state index in [2.05, 4.69) is 13.8 Å². The highest BCUT2D eigenvalue weighted by Crippen LogP contribution is 2.39. The Morgan fingerprint density at radius 3 is 2.43 bits per heavy atom. The van der Waals surface area contributed by atoms with Crippen molar-refractivity contribution in [2.24, 2.45) is 0 Å². The Labute approximate surface area is 175 Å². The van der Waals surface area contributed by atoms with Crippen molar-refractivity contribution in [2.45, 2.75) is 46.1 Å². The number of hydrogen-bond donors (Lipinski definition) is 1. The van der Waals surface area contributed by atoms with Gasteiger partial charge in [0.1, 0.15) is 5.58 Å². The zero-order chi connectivity index (χ0) is 21.6. The van der Waals surface area contributed by atoms with Crippen LogP contribution in [0, 0.1) is 13.8 Å². The molecular formula is C25H27NO4. The number of aryl methyl sites for hydroxylation is 2. The quantitative estimate of drug-likeness (QED) is 0.680. The first-order valence-corrected chi connectivity index (χ1v) is 10.4. The van der Waals surface area contributed by atoms with Gasteiger partial charge in [0.05, 0.1) is 17.0 Å².